The molecule has 1 aliphatic heterocycles. The van der Waals surface area contributed by atoms with E-state index in [0.29, 0.717) is 6.04 Å². The zero-order valence-electron chi connectivity index (χ0n) is 7.39. The van der Waals surface area contributed by atoms with Crippen molar-refractivity contribution in [3.8, 4) is 0 Å². The van der Waals surface area contributed by atoms with Gasteiger partial charge in [0, 0.05) is 29.2 Å². The molecule has 0 unspecified atom stereocenters. The van der Waals surface area contributed by atoms with Crippen molar-refractivity contribution in [3.63, 3.8) is 0 Å². The van der Waals surface area contributed by atoms with Gasteiger partial charge in [-0.05, 0) is 40.3 Å². The predicted octanol–water partition coefficient (Wildman–Crippen LogP) is 1.53. The molecule has 2 rings (SSSR count). The van der Waals surface area contributed by atoms with Crippen LogP contribution < -0.4 is 10.6 Å². The third-order valence-corrected chi connectivity index (χ3v) is 3.03. The quantitative estimate of drug-likeness (QED) is 0.766. The van der Waals surface area contributed by atoms with E-state index in [1.54, 1.807) is 0 Å². The molecule has 0 aliphatic carbocycles. The van der Waals surface area contributed by atoms with Gasteiger partial charge in [0.25, 0.3) is 0 Å². The summed E-state index contributed by atoms with van der Waals surface area (Å²) in [4.78, 5) is 0. The fourth-order valence-corrected chi connectivity index (χ4v) is 1.94. The second-order valence-electron chi connectivity index (χ2n) is 3.26. The van der Waals surface area contributed by atoms with E-state index in [0.717, 1.165) is 19.6 Å². The van der Waals surface area contributed by atoms with Crippen LogP contribution in [0, 0.1) is 3.57 Å². The molecule has 1 aromatic carbocycles. The fourth-order valence-electron chi connectivity index (χ4n) is 1.58. The summed E-state index contributed by atoms with van der Waals surface area (Å²) in [6, 6.07) is 9.21. The van der Waals surface area contributed by atoms with Crippen molar-refractivity contribution in [2.24, 2.45) is 0 Å². The molecule has 0 saturated carbocycles. The third-order valence-electron chi connectivity index (χ3n) is 2.31. The number of piperazine rings is 1. The van der Waals surface area contributed by atoms with E-state index < -0.39 is 0 Å². The van der Waals surface area contributed by atoms with Crippen LogP contribution in [-0.4, -0.2) is 19.6 Å². The lowest BCUT2D eigenvalue weighted by Crippen LogP contribution is -2.42. The number of nitrogens with one attached hydrogen (secondary N) is 2. The molecule has 1 aromatic rings. The second kappa shape index (κ2) is 4.39. The Bertz CT molecular complexity index is 265. The zero-order chi connectivity index (χ0) is 9.10. The molecule has 3 heteroatoms. The molecular formula is C10H13IN2. The molecule has 0 bridgehead atoms. The topological polar surface area (TPSA) is 24.1 Å². The summed E-state index contributed by atoms with van der Waals surface area (Å²) >= 11 is 2.33. The Balaban J connectivity index is 2.10. The van der Waals surface area contributed by atoms with Crippen LogP contribution in [-0.2, 0) is 0 Å². The van der Waals surface area contributed by atoms with Gasteiger partial charge in [0.1, 0.15) is 0 Å². The van der Waals surface area contributed by atoms with Gasteiger partial charge in [-0.25, -0.2) is 0 Å². The molecule has 1 heterocycles. The molecule has 0 amide bonds. The maximum Gasteiger partial charge on any atom is 0.0447 e. The highest BCUT2D eigenvalue weighted by atomic mass is 127. The molecule has 1 saturated heterocycles. The number of hydrogen-bond acceptors (Lipinski definition) is 2. The van der Waals surface area contributed by atoms with Gasteiger partial charge < -0.3 is 10.6 Å². The largest absolute Gasteiger partial charge is 0.314 e. The molecule has 1 aliphatic rings. The van der Waals surface area contributed by atoms with Crippen LogP contribution in [0.1, 0.15) is 11.6 Å². The molecule has 2 N–H and O–H groups in total. The number of benzene rings is 1. The molecule has 1 atom stereocenters. The van der Waals surface area contributed by atoms with Gasteiger partial charge in [0.05, 0.1) is 0 Å². The Morgan fingerprint density at radius 1 is 1.15 bits per heavy atom. The first-order valence-corrected chi connectivity index (χ1v) is 5.64. The Morgan fingerprint density at radius 3 is 2.54 bits per heavy atom. The normalized spacial score (nSPS) is 23.0. The summed E-state index contributed by atoms with van der Waals surface area (Å²) < 4.78 is 1.30. The van der Waals surface area contributed by atoms with Gasteiger partial charge in [0.2, 0.25) is 0 Å². The first-order chi connectivity index (χ1) is 6.36. The summed E-state index contributed by atoms with van der Waals surface area (Å²) in [5, 5.41) is 6.87. The predicted molar refractivity (Wildman–Crippen MR) is 62.8 cm³/mol. The highest BCUT2D eigenvalue weighted by Crippen LogP contribution is 2.15. The average molecular weight is 288 g/mol. The van der Waals surface area contributed by atoms with Crippen LogP contribution >= 0.6 is 22.6 Å². The first-order valence-electron chi connectivity index (χ1n) is 4.56. The maximum atomic E-state index is 3.49. The van der Waals surface area contributed by atoms with E-state index in [2.05, 4.69) is 57.5 Å². The standard InChI is InChI=1S/C10H13IN2/c11-9-3-1-8(2-4-9)10-7-12-5-6-13-10/h1-4,10,12-13H,5-7H2/t10-/m0/s1. The molecule has 0 aromatic heterocycles. The number of halogens is 1. The van der Waals surface area contributed by atoms with Crippen LogP contribution in [0.25, 0.3) is 0 Å². The molecule has 2 nitrogen and oxygen atoms in total. The van der Waals surface area contributed by atoms with Gasteiger partial charge in [-0.1, -0.05) is 12.1 Å². The summed E-state index contributed by atoms with van der Waals surface area (Å²) in [7, 11) is 0. The minimum Gasteiger partial charge on any atom is -0.314 e. The van der Waals surface area contributed by atoms with Crippen LogP contribution in [0.5, 0.6) is 0 Å². The maximum absolute atomic E-state index is 3.49. The van der Waals surface area contributed by atoms with E-state index in [-0.39, 0.29) is 0 Å². The summed E-state index contributed by atoms with van der Waals surface area (Å²) in [5.74, 6) is 0. The lowest BCUT2D eigenvalue weighted by Gasteiger charge is -2.24. The van der Waals surface area contributed by atoms with Crippen LogP contribution in [0.4, 0.5) is 0 Å². The van der Waals surface area contributed by atoms with Crippen LogP contribution in [0.2, 0.25) is 0 Å². The van der Waals surface area contributed by atoms with E-state index in [4.69, 9.17) is 0 Å². The highest BCUT2D eigenvalue weighted by molar-refractivity contribution is 14.1. The Hall–Kier alpha value is -0.130. The van der Waals surface area contributed by atoms with Crippen molar-refractivity contribution in [2.75, 3.05) is 19.6 Å². The van der Waals surface area contributed by atoms with Crippen molar-refractivity contribution in [3.05, 3.63) is 33.4 Å². The van der Waals surface area contributed by atoms with Crippen LogP contribution in [0.3, 0.4) is 0 Å². The second-order valence-corrected chi connectivity index (χ2v) is 4.51. The van der Waals surface area contributed by atoms with Crippen molar-refractivity contribution < 1.29 is 0 Å². The molecule has 0 spiro atoms. The summed E-state index contributed by atoms with van der Waals surface area (Å²) in [6.07, 6.45) is 0. The number of hydrogen-bond donors (Lipinski definition) is 2. The average Bonchev–Trinajstić information content (AvgIpc) is 2.20. The summed E-state index contributed by atoms with van der Waals surface area (Å²) in [6.45, 7) is 3.19. The van der Waals surface area contributed by atoms with Gasteiger partial charge >= 0.3 is 0 Å². The van der Waals surface area contributed by atoms with E-state index in [1.165, 1.54) is 9.13 Å². The molecule has 0 radical (unpaired) electrons. The van der Waals surface area contributed by atoms with Gasteiger partial charge in [0.15, 0.2) is 0 Å². The molecule has 70 valence electrons. The molecular weight excluding hydrogens is 275 g/mol. The number of rotatable bonds is 1. The molecule has 1 fully saturated rings. The smallest absolute Gasteiger partial charge is 0.0447 e. The van der Waals surface area contributed by atoms with Crippen molar-refractivity contribution >= 4 is 22.6 Å². The Kier molecular flexibility index (Phi) is 3.18. The van der Waals surface area contributed by atoms with Crippen LogP contribution in [0.15, 0.2) is 24.3 Å². The molecule has 13 heavy (non-hydrogen) atoms. The fraction of sp³-hybridized carbons (Fsp3) is 0.400. The van der Waals surface area contributed by atoms with E-state index >= 15 is 0 Å². The van der Waals surface area contributed by atoms with E-state index in [9.17, 15) is 0 Å². The lowest BCUT2D eigenvalue weighted by atomic mass is 10.1. The summed E-state index contributed by atoms with van der Waals surface area (Å²) in [5.41, 5.74) is 1.38. The van der Waals surface area contributed by atoms with Gasteiger partial charge in [-0.2, -0.15) is 0 Å². The minimum absolute atomic E-state index is 0.491. The zero-order valence-corrected chi connectivity index (χ0v) is 9.54. The van der Waals surface area contributed by atoms with Gasteiger partial charge in [-0.3, -0.25) is 0 Å². The van der Waals surface area contributed by atoms with Crippen molar-refractivity contribution in [2.45, 2.75) is 6.04 Å². The Morgan fingerprint density at radius 2 is 1.92 bits per heavy atom. The van der Waals surface area contributed by atoms with E-state index in [1.807, 2.05) is 0 Å². The lowest BCUT2D eigenvalue weighted by molar-refractivity contribution is 0.430. The Labute approximate surface area is 92.2 Å². The third kappa shape index (κ3) is 2.42. The van der Waals surface area contributed by atoms with Crippen molar-refractivity contribution in [1.82, 2.24) is 10.6 Å². The minimum atomic E-state index is 0.491. The van der Waals surface area contributed by atoms with Gasteiger partial charge in [-0.15, -0.1) is 0 Å². The monoisotopic (exact) mass is 288 g/mol. The highest BCUT2D eigenvalue weighted by Gasteiger charge is 2.13. The SMILES string of the molecule is Ic1ccc([C@@H]2CNCCN2)cc1. The van der Waals surface area contributed by atoms with Crippen molar-refractivity contribution in [1.29, 1.82) is 0 Å². The first kappa shape index (κ1) is 9.43.